The summed E-state index contributed by atoms with van der Waals surface area (Å²) in [5.74, 6) is 0.572. The summed E-state index contributed by atoms with van der Waals surface area (Å²) in [5.41, 5.74) is 6.05. The second-order valence-electron chi connectivity index (χ2n) is 1.98. The second-order valence-corrected chi connectivity index (χ2v) is 1.98. The van der Waals surface area contributed by atoms with Crippen molar-refractivity contribution in [2.45, 2.75) is 0 Å². The maximum absolute atomic E-state index is 5.55. The third-order valence-electron chi connectivity index (χ3n) is 1.29. The molecule has 0 aliphatic heterocycles. The van der Waals surface area contributed by atoms with Crippen molar-refractivity contribution in [2.75, 3.05) is 25.0 Å². The van der Waals surface area contributed by atoms with Gasteiger partial charge in [-0.15, -0.1) is 0 Å². The molecule has 60 valence electrons. The van der Waals surface area contributed by atoms with E-state index in [2.05, 4.69) is 9.97 Å². The Labute approximate surface area is 64.8 Å². The Bertz CT molecular complexity index is 240. The zero-order valence-electron chi connectivity index (χ0n) is 6.48. The maximum Gasteiger partial charge on any atom is 0.178 e. The highest BCUT2D eigenvalue weighted by Gasteiger charge is 2.03. The van der Waals surface area contributed by atoms with Gasteiger partial charge >= 0.3 is 0 Å². The molecular weight excluding hydrogens is 144 g/mol. The maximum atomic E-state index is 5.55. The highest BCUT2D eigenvalue weighted by Crippen LogP contribution is 2.15. The van der Waals surface area contributed by atoms with Crippen LogP contribution in [0.5, 0.6) is 0 Å². The van der Waals surface area contributed by atoms with Crippen LogP contribution in [0, 0.1) is 0 Å². The van der Waals surface area contributed by atoms with Crippen LogP contribution >= 0.6 is 0 Å². The molecule has 0 unspecified atom stereocenters. The fraction of sp³-hybridized carbons (Fsp3) is 0.333. The molecule has 0 aromatic carbocycles. The van der Waals surface area contributed by atoms with Gasteiger partial charge < -0.3 is 5.73 Å². The van der Waals surface area contributed by atoms with E-state index < -0.39 is 0 Å². The van der Waals surface area contributed by atoms with E-state index in [0.29, 0.717) is 11.5 Å². The molecular formula is C6H10N4O. The number of hydrogen-bond acceptors (Lipinski definition) is 5. The van der Waals surface area contributed by atoms with Gasteiger partial charge in [-0.1, -0.05) is 0 Å². The van der Waals surface area contributed by atoms with Gasteiger partial charge in [0.05, 0.1) is 19.0 Å². The lowest BCUT2D eigenvalue weighted by Crippen LogP contribution is -2.17. The minimum absolute atomic E-state index is 0.497. The molecule has 0 aliphatic rings. The number of anilines is 2. The van der Waals surface area contributed by atoms with Crippen molar-refractivity contribution < 1.29 is 4.84 Å². The first kappa shape index (κ1) is 7.74. The van der Waals surface area contributed by atoms with E-state index >= 15 is 0 Å². The molecule has 1 aromatic rings. The summed E-state index contributed by atoms with van der Waals surface area (Å²) in [7, 11) is 3.26. The summed E-state index contributed by atoms with van der Waals surface area (Å²) in [5, 5.41) is 1.47. The third-order valence-corrected chi connectivity index (χ3v) is 1.29. The predicted molar refractivity (Wildman–Crippen MR) is 41.9 cm³/mol. The van der Waals surface area contributed by atoms with E-state index in [1.165, 1.54) is 17.6 Å². The van der Waals surface area contributed by atoms with Crippen molar-refractivity contribution in [3.05, 3.63) is 12.5 Å². The monoisotopic (exact) mass is 154 g/mol. The molecule has 0 atom stereocenters. The van der Waals surface area contributed by atoms with Gasteiger partial charge in [-0.3, -0.25) is 4.84 Å². The van der Waals surface area contributed by atoms with E-state index in [-0.39, 0.29) is 0 Å². The van der Waals surface area contributed by atoms with Gasteiger partial charge in [0.2, 0.25) is 0 Å². The number of nitrogens with two attached hydrogens (primary N) is 1. The van der Waals surface area contributed by atoms with E-state index in [9.17, 15) is 0 Å². The van der Waals surface area contributed by atoms with Crippen molar-refractivity contribution in [1.29, 1.82) is 0 Å². The zero-order valence-corrected chi connectivity index (χ0v) is 6.48. The fourth-order valence-electron chi connectivity index (χ4n) is 0.684. The number of nitrogen functional groups attached to an aromatic ring is 1. The first-order chi connectivity index (χ1) is 5.25. The average molecular weight is 154 g/mol. The summed E-state index contributed by atoms with van der Waals surface area (Å²) in [6.45, 7) is 0. The molecule has 11 heavy (non-hydrogen) atoms. The Hall–Kier alpha value is -1.36. The van der Waals surface area contributed by atoms with Crippen molar-refractivity contribution in [2.24, 2.45) is 0 Å². The molecule has 0 bridgehead atoms. The van der Waals surface area contributed by atoms with E-state index in [1.54, 1.807) is 14.2 Å². The van der Waals surface area contributed by atoms with E-state index in [0.717, 1.165) is 0 Å². The number of nitrogens with zero attached hydrogens (tertiary/aromatic N) is 3. The Morgan fingerprint density at radius 1 is 1.64 bits per heavy atom. The molecule has 1 heterocycles. The summed E-state index contributed by atoms with van der Waals surface area (Å²) in [6, 6.07) is 0. The first-order valence-electron chi connectivity index (χ1n) is 3.09. The van der Waals surface area contributed by atoms with Crippen molar-refractivity contribution in [1.82, 2.24) is 9.97 Å². The SMILES string of the molecule is CON(C)c1ncncc1N. The molecule has 5 nitrogen and oxygen atoms in total. The predicted octanol–water partition coefficient (Wildman–Crippen LogP) is 0.0564. The summed E-state index contributed by atoms with van der Waals surface area (Å²) in [6.07, 6.45) is 2.94. The lowest BCUT2D eigenvalue weighted by Gasteiger charge is -2.15. The molecule has 0 radical (unpaired) electrons. The van der Waals surface area contributed by atoms with Crippen LogP contribution in [0.25, 0.3) is 0 Å². The summed E-state index contributed by atoms with van der Waals surface area (Å²) < 4.78 is 0. The number of hydroxylamine groups is 1. The average Bonchev–Trinajstić information content (AvgIpc) is 2.04. The minimum atomic E-state index is 0.497. The lowest BCUT2D eigenvalue weighted by molar-refractivity contribution is 0.183. The zero-order chi connectivity index (χ0) is 8.27. The molecule has 2 N–H and O–H groups in total. The largest absolute Gasteiger partial charge is 0.394 e. The molecule has 0 amide bonds. The molecule has 0 saturated heterocycles. The van der Waals surface area contributed by atoms with Crippen LogP contribution in [0.1, 0.15) is 0 Å². The molecule has 1 aromatic heterocycles. The summed E-state index contributed by atoms with van der Waals surface area (Å²) >= 11 is 0. The van der Waals surface area contributed by atoms with Crippen LogP contribution in [0.4, 0.5) is 11.5 Å². The lowest BCUT2D eigenvalue weighted by atomic mass is 10.5. The van der Waals surface area contributed by atoms with Crippen LogP contribution < -0.4 is 10.8 Å². The number of rotatable bonds is 2. The van der Waals surface area contributed by atoms with Gasteiger partial charge in [0.1, 0.15) is 6.33 Å². The van der Waals surface area contributed by atoms with E-state index in [4.69, 9.17) is 10.6 Å². The minimum Gasteiger partial charge on any atom is -0.394 e. The molecule has 0 aliphatic carbocycles. The topological polar surface area (TPSA) is 64.3 Å². The molecule has 5 heteroatoms. The Morgan fingerprint density at radius 3 is 2.91 bits per heavy atom. The molecule has 0 saturated carbocycles. The van der Waals surface area contributed by atoms with Gasteiger partial charge in [-0.05, 0) is 0 Å². The molecule has 0 spiro atoms. The van der Waals surface area contributed by atoms with Gasteiger partial charge in [0.25, 0.3) is 0 Å². The third kappa shape index (κ3) is 1.56. The van der Waals surface area contributed by atoms with Crippen LogP contribution in [-0.4, -0.2) is 24.1 Å². The Kier molecular flexibility index (Phi) is 2.22. The van der Waals surface area contributed by atoms with Crippen LogP contribution in [0.15, 0.2) is 12.5 Å². The first-order valence-corrected chi connectivity index (χ1v) is 3.09. The van der Waals surface area contributed by atoms with Crippen LogP contribution in [0.3, 0.4) is 0 Å². The van der Waals surface area contributed by atoms with Crippen molar-refractivity contribution in [3.8, 4) is 0 Å². The normalized spacial score (nSPS) is 9.64. The standard InChI is InChI=1S/C6H10N4O/c1-10(11-2)6-5(7)3-8-4-9-6/h3-4H,7H2,1-2H3. The fourth-order valence-corrected chi connectivity index (χ4v) is 0.684. The van der Waals surface area contributed by atoms with E-state index in [1.807, 2.05) is 0 Å². The van der Waals surface area contributed by atoms with Gasteiger partial charge in [-0.25, -0.2) is 15.0 Å². The van der Waals surface area contributed by atoms with Crippen molar-refractivity contribution in [3.63, 3.8) is 0 Å². The second kappa shape index (κ2) is 3.16. The highest BCUT2D eigenvalue weighted by atomic mass is 16.7. The van der Waals surface area contributed by atoms with Gasteiger partial charge in [-0.2, -0.15) is 0 Å². The van der Waals surface area contributed by atoms with Crippen LogP contribution in [-0.2, 0) is 4.84 Å². The number of hydrogen-bond donors (Lipinski definition) is 1. The van der Waals surface area contributed by atoms with Crippen LogP contribution in [0.2, 0.25) is 0 Å². The number of aromatic nitrogens is 2. The molecule has 0 fully saturated rings. The summed E-state index contributed by atoms with van der Waals surface area (Å²) in [4.78, 5) is 12.5. The van der Waals surface area contributed by atoms with Crippen molar-refractivity contribution >= 4 is 11.5 Å². The van der Waals surface area contributed by atoms with Gasteiger partial charge in [0, 0.05) is 7.05 Å². The Balaban J connectivity index is 2.93. The quantitative estimate of drug-likeness (QED) is 0.610. The highest BCUT2D eigenvalue weighted by molar-refractivity contribution is 5.58. The Morgan fingerprint density at radius 2 is 2.36 bits per heavy atom. The smallest absolute Gasteiger partial charge is 0.178 e. The molecule has 1 rings (SSSR count). The van der Waals surface area contributed by atoms with Gasteiger partial charge in [0.15, 0.2) is 5.82 Å².